The molecule has 0 radical (unpaired) electrons. The second-order valence-corrected chi connectivity index (χ2v) is 6.51. The van der Waals surface area contributed by atoms with Crippen molar-refractivity contribution >= 4 is 34.7 Å². The van der Waals surface area contributed by atoms with Crippen LogP contribution in [0, 0.1) is 21.4 Å². The summed E-state index contributed by atoms with van der Waals surface area (Å²) >= 11 is 6.11. The summed E-state index contributed by atoms with van der Waals surface area (Å²) in [6.07, 6.45) is 0. The molecule has 10 heteroatoms. The molecule has 0 aromatic heterocycles. The Morgan fingerprint density at radius 2 is 2.00 bits per heavy atom. The van der Waals surface area contributed by atoms with Gasteiger partial charge in [0.05, 0.1) is 10.5 Å². The predicted molar refractivity (Wildman–Crippen MR) is 110 cm³/mol. The van der Waals surface area contributed by atoms with Crippen LogP contribution in [0.1, 0.15) is 22.8 Å². The third-order valence-corrected chi connectivity index (χ3v) is 4.35. The molecule has 0 heterocycles. The first-order valence-corrected chi connectivity index (χ1v) is 8.95. The van der Waals surface area contributed by atoms with Gasteiger partial charge in [-0.1, -0.05) is 29.8 Å². The fourth-order valence-electron chi connectivity index (χ4n) is 2.45. The molecule has 2 aromatic carbocycles. The molecule has 0 aliphatic heterocycles. The second-order valence-electron chi connectivity index (χ2n) is 6.10. The lowest BCUT2D eigenvalue weighted by Crippen LogP contribution is -2.18. The van der Waals surface area contributed by atoms with Gasteiger partial charge in [-0.2, -0.15) is 5.26 Å². The third kappa shape index (κ3) is 5.56. The predicted octanol–water partition coefficient (Wildman–Crippen LogP) is 3.34. The van der Waals surface area contributed by atoms with Crippen LogP contribution in [0.4, 0.5) is 11.4 Å². The van der Waals surface area contributed by atoms with Crippen molar-refractivity contribution in [2.45, 2.75) is 13.5 Å². The first-order chi connectivity index (χ1) is 14.2. The minimum atomic E-state index is -0.972. The molecule has 0 saturated heterocycles. The van der Waals surface area contributed by atoms with Crippen LogP contribution in [0.5, 0.6) is 0 Å². The van der Waals surface area contributed by atoms with Crippen molar-refractivity contribution in [3.8, 4) is 6.07 Å². The van der Waals surface area contributed by atoms with Gasteiger partial charge in [-0.3, -0.25) is 14.9 Å². The van der Waals surface area contributed by atoms with Crippen molar-refractivity contribution < 1.29 is 19.2 Å². The Balaban J connectivity index is 2.24. The molecule has 9 nitrogen and oxygen atoms in total. The maximum absolute atomic E-state index is 12.5. The summed E-state index contributed by atoms with van der Waals surface area (Å²) in [6.45, 7) is 0.878. The van der Waals surface area contributed by atoms with Gasteiger partial charge < -0.3 is 15.8 Å². The molecule has 0 unspecified atom stereocenters. The lowest BCUT2D eigenvalue weighted by Gasteiger charge is -2.12. The molecule has 2 aromatic rings. The van der Waals surface area contributed by atoms with Crippen molar-refractivity contribution in [1.29, 1.82) is 5.26 Å². The second kappa shape index (κ2) is 10.0. The SMILES string of the molecule is CC(N)=C(C#N)C(=O)COC(=O)c1cc([N+](=O)[O-])ccc1NCc1ccccc1Cl. The number of carbonyl (C=O) groups is 2. The molecule has 3 N–H and O–H groups in total. The minimum Gasteiger partial charge on any atom is -0.454 e. The van der Waals surface area contributed by atoms with E-state index in [0.717, 1.165) is 11.6 Å². The number of hydrogen-bond acceptors (Lipinski definition) is 8. The van der Waals surface area contributed by atoms with Crippen molar-refractivity contribution in [2.24, 2.45) is 5.73 Å². The van der Waals surface area contributed by atoms with Gasteiger partial charge in [0.2, 0.25) is 5.78 Å². The van der Waals surface area contributed by atoms with E-state index >= 15 is 0 Å². The summed E-state index contributed by atoms with van der Waals surface area (Å²) in [6, 6.07) is 12.3. The van der Waals surface area contributed by atoms with Crippen LogP contribution >= 0.6 is 11.6 Å². The van der Waals surface area contributed by atoms with Gasteiger partial charge in [-0.25, -0.2) is 4.79 Å². The number of anilines is 1. The van der Waals surface area contributed by atoms with E-state index in [2.05, 4.69) is 5.32 Å². The number of allylic oxidation sites excluding steroid dienone is 1. The largest absolute Gasteiger partial charge is 0.454 e. The first-order valence-electron chi connectivity index (χ1n) is 8.57. The molecular weight excluding hydrogens is 412 g/mol. The molecular formula is C20H17ClN4O5. The van der Waals surface area contributed by atoms with Gasteiger partial charge >= 0.3 is 5.97 Å². The van der Waals surface area contributed by atoms with Crippen LogP contribution in [0.25, 0.3) is 0 Å². The van der Waals surface area contributed by atoms with Gasteiger partial charge in [0.25, 0.3) is 5.69 Å². The Bertz CT molecular complexity index is 1070. The number of nitro groups is 1. The number of nitrogens with one attached hydrogen (secondary N) is 1. The Kier molecular flexibility index (Phi) is 7.50. The van der Waals surface area contributed by atoms with Crippen LogP contribution in [0.2, 0.25) is 5.02 Å². The van der Waals surface area contributed by atoms with E-state index in [1.165, 1.54) is 19.1 Å². The van der Waals surface area contributed by atoms with E-state index in [0.29, 0.717) is 5.02 Å². The standard InChI is InChI=1S/C20H17ClN4O5/c1-12(23)16(9-22)19(26)11-30-20(27)15-8-14(25(28)29)6-7-18(15)24-10-13-4-2-3-5-17(13)21/h2-8,24H,10-11,23H2,1H3. The topological polar surface area (TPSA) is 148 Å². The van der Waals surface area contributed by atoms with Gasteiger partial charge in [0, 0.05) is 35.1 Å². The number of non-ortho nitro benzene ring substituents is 1. The van der Waals surface area contributed by atoms with E-state index < -0.39 is 23.3 Å². The first kappa shape index (κ1) is 22.4. The maximum atomic E-state index is 12.5. The molecule has 2 rings (SSSR count). The van der Waals surface area contributed by atoms with Crippen LogP contribution in [0.15, 0.2) is 53.7 Å². The zero-order chi connectivity index (χ0) is 22.3. The van der Waals surface area contributed by atoms with Crippen molar-refractivity contribution in [1.82, 2.24) is 0 Å². The van der Waals surface area contributed by atoms with Crippen molar-refractivity contribution in [2.75, 3.05) is 11.9 Å². The molecule has 30 heavy (non-hydrogen) atoms. The summed E-state index contributed by atoms with van der Waals surface area (Å²) in [4.78, 5) is 34.9. The van der Waals surface area contributed by atoms with Gasteiger partial charge in [0.1, 0.15) is 11.6 Å². The van der Waals surface area contributed by atoms with Crippen LogP contribution in [0.3, 0.4) is 0 Å². The average molecular weight is 429 g/mol. The highest BCUT2D eigenvalue weighted by Gasteiger charge is 2.20. The van der Waals surface area contributed by atoms with Gasteiger partial charge in [-0.05, 0) is 24.6 Å². The Morgan fingerprint density at radius 1 is 1.30 bits per heavy atom. The van der Waals surface area contributed by atoms with Crippen LogP contribution in [-0.2, 0) is 16.1 Å². The molecule has 154 valence electrons. The number of rotatable bonds is 8. The summed E-state index contributed by atoms with van der Waals surface area (Å²) in [5.41, 5.74) is 5.65. The fourth-order valence-corrected chi connectivity index (χ4v) is 2.66. The number of hydrogen-bond donors (Lipinski definition) is 2. The molecule has 0 amide bonds. The number of Topliss-reactive ketones (excluding diaryl/α,β-unsaturated/α-hetero) is 1. The molecule has 0 aliphatic carbocycles. The number of benzene rings is 2. The number of nitro benzene ring substituents is 1. The van der Waals surface area contributed by atoms with E-state index in [1.54, 1.807) is 30.3 Å². The average Bonchev–Trinajstić information content (AvgIpc) is 2.71. The van der Waals surface area contributed by atoms with Gasteiger partial charge in [-0.15, -0.1) is 0 Å². The normalized spacial score (nSPS) is 11.1. The molecule has 0 fully saturated rings. The number of esters is 1. The van der Waals surface area contributed by atoms with E-state index in [-0.39, 0.29) is 34.8 Å². The number of nitrogens with zero attached hydrogens (tertiary/aromatic N) is 2. The minimum absolute atomic E-state index is 0.00371. The monoisotopic (exact) mass is 428 g/mol. The number of nitrogens with two attached hydrogens (primary N) is 1. The molecule has 0 saturated carbocycles. The Morgan fingerprint density at radius 3 is 2.60 bits per heavy atom. The van der Waals surface area contributed by atoms with E-state index in [4.69, 9.17) is 27.3 Å². The molecule has 0 atom stereocenters. The number of halogens is 1. The lowest BCUT2D eigenvalue weighted by atomic mass is 10.1. The Hall–Kier alpha value is -3.90. The molecule has 0 bridgehead atoms. The van der Waals surface area contributed by atoms with Gasteiger partial charge in [0.15, 0.2) is 6.61 Å². The summed E-state index contributed by atoms with van der Waals surface area (Å²) < 4.78 is 4.96. The Labute approximate surface area is 176 Å². The quantitative estimate of drug-likeness (QED) is 0.214. The zero-order valence-electron chi connectivity index (χ0n) is 15.8. The molecule has 0 aliphatic rings. The zero-order valence-corrected chi connectivity index (χ0v) is 16.6. The van der Waals surface area contributed by atoms with Crippen LogP contribution < -0.4 is 11.1 Å². The number of ether oxygens (including phenoxy) is 1. The van der Waals surface area contributed by atoms with Crippen LogP contribution in [-0.4, -0.2) is 23.3 Å². The highest BCUT2D eigenvalue weighted by Crippen LogP contribution is 2.25. The summed E-state index contributed by atoms with van der Waals surface area (Å²) in [5, 5.41) is 23.5. The van der Waals surface area contributed by atoms with Crippen molar-refractivity contribution in [3.63, 3.8) is 0 Å². The summed E-state index contributed by atoms with van der Waals surface area (Å²) in [7, 11) is 0. The third-order valence-electron chi connectivity index (χ3n) is 3.98. The summed E-state index contributed by atoms with van der Waals surface area (Å²) in [5.74, 6) is -1.75. The number of carbonyl (C=O) groups excluding carboxylic acids is 2. The maximum Gasteiger partial charge on any atom is 0.340 e. The van der Waals surface area contributed by atoms with E-state index in [1.807, 2.05) is 0 Å². The lowest BCUT2D eigenvalue weighted by molar-refractivity contribution is -0.384. The smallest absolute Gasteiger partial charge is 0.340 e. The molecule has 0 spiro atoms. The van der Waals surface area contributed by atoms with Crippen molar-refractivity contribution in [3.05, 3.63) is 80.0 Å². The van der Waals surface area contributed by atoms with E-state index in [9.17, 15) is 19.7 Å². The highest BCUT2D eigenvalue weighted by molar-refractivity contribution is 6.31. The number of nitriles is 1. The number of ketones is 1. The highest BCUT2D eigenvalue weighted by atomic mass is 35.5. The fraction of sp³-hybridized carbons (Fsp3) is 0.150.